The van der Waals surface area contributed by atoms with Crippen molar-refractivity contribution in [1.29, 1.82) is 0 Å². The van der Waals surface area contributed by atoms with E-state index in [1.807, 2.05) is 0 Å². The minimum absolute atomic E-state index is 0.0410. The van der Waals surface area contributed by atoms with Crippen LogP contribution in [0.3, 0.4) is 0 Å². The highest BCUT2D eigenvalue weighted by molar-refractivity contribution is 5.66. The normalized spacial score (nSPS) is 11.8. The third-order valence-corrected chi connectivity index (χ3v) is 7.44. The van der Waals surface area contributed by atoms with E-state index in [0.29, 0.717) is 49.9 Å². The molecule has 0 unspecified atom stereocenters. The maximum Gasteiger partial charge on any atom is 0.303 e. The molecule has 0 amide bonds. The van der Waals surface area contributed by atoms with Crippen LogP contribution in [0.2, 0.25) is 0 Å². The number of allylic oxidation sites excluding steroid dienone is 1. The van der Waals surface area contributed by atoms with E-state index in [2.05, 4.69) is 19.1 Å². The molecule has 0 atom stereocenters. The molecule has 7 heteroatoms. The lowest BCUT2D eigenvalue weighted by molar-refractivity contribution is -0.923. The lowest BCUT2D eigenvalue weighted by Crippen LogP contribution is -2.50. The summed E-state index contributed by atoms with van der Waals surface area (Å²) >= 11 is 0. The third kappa shape index (κ3) is 24.4. The van der Waals surface area contributed by atoms with Crippen LogP contribution in [0.25, 0.3) is 0 Å². The second-order valence-electron chi connectivity index (χ2n) is 11.0. The monoisotopic (exact) mass is 539 g/mol. The van der Waals surface area contributed by atoms with Crippen LogP contribution >= 0.6 is 0 Å². The van der Waals surface area contributed by atoms with Gasteiger partial charge in [0.2, 0.25) is 0 Å². The van der Waals surface area contributed by atoms with Gasteiger partial charge in [0.25, 0.3) is 0 Å². The van der Waals surface area contributed by atoms with Gasteiger partial charge in [-0.1, -0.05) is 96.5 Å². The van der Waals surface area contributed by atoms with E-state index in [1.54, 1.807) is 0 Å². The van der Waals surface area contributed by atoms with Crippen LogP contribution in [0.4, 0.5) is 0 Å². The Bertz CT molecular complexity index is 584. The highest BCUT2D eigenvalue weighted by atomic mass is 16.4. The van der Waals surface area contributed by atoms with Gasteiger partial charge in [-0.25, -0.2) is 0 Å². The number of hydrogen-bond acceptors (Lipinski definition) is 4. The van der Waals surface area contributed by atoms with Crippen LogP contribution in [0, 0.1) is 0 Å². The highest BCUT2D eigenvalue weighted by Crippen LogP contribution is 2.17. The summed E-state index contributed by atoms with van der Waals surface area (Å²) in [5.41, 5.74) is 0. The van der Waals surface area contributed by atoms with Crippen LogP contribution in [-0.4, -0.2) is 58.8 Å². The first-order valence-electron chi connectivity index (χ1n) is 15.4. The maximum atomic E-state index is 11.0. The molecule has 0 spiro atoms. The highest BCUT2D eigenvalue weighted by Gasteiger charge is 2.26. The molecule has 0 radical (unpaired) electrons. The van der Waals surface area contributed by atoms with E-state index in [9.17, 15) is 19.5 Å². The van der Waals surface area contributed by atoms with Gasteiger partial charge in [0, 0.05) is 25.2 Å². The van der Waals surface area contributed by atoms with Crippen LogP contribution in [0.1, 0.15) is 142 Å². The molecule has 0 aromatic carbocycles. The molecule has 7 nitrogen and oxygen atoms in total. The Morgan fingerprint density at radius 1 is 0.579 bits per heavy atom. The second kappa shape index (κ2) is 25.4. The molecule has 222 valence electrons. The fraction of sp³-hybridized carbons (Fsp3) is 0.839. The SMILES string of the molecule is CCCCCCCCCCCCCCCC/C=C/C[N+](CCCC(=O)[O-])(CCCC(=O)O)CCCC(=O)O. The van der Waals surface area contributed by atoms with Crippen LogP contribution in [-0.2, 0) is 14.4 Å². The summed E-state index contributed by atoms with van der Waals surface area (Å²) in [4.78, 5) is 33.0. The van der Waals surface area contributed by atoms with Crippen LogP contribution in [0.15, 0.2) is 12.2 Å². The number of quaternary nitrogens is 1. The molecule has 0 rings (SSSR count). The number of carbonyl (C=O) groups is 3. The van der Waals surface area contributed by atoms with Crippen molar-refractivity contribution in [3.8, 4) is 0 Å². The van der Waals surface area contributed by atoms with E-state index < -0.39 is 17.9 Å². The van der Waals surface area contributed by atoms with Gasteiger partial charge in [0.15, 0.2) is 0 Å². The first kappa shape index (κ1) is 36.1. The van der Waals surface area contributed by atoms with E-state index in [0.717, 1.165) is 12.8 Å². The Hall–Kier alpha value is -1.89. The van der Waals surface area contributed by atoms with Crippen molar-refractivity contribution in [2.75, 3.05) is 26.2 Å². The predicted molar refractivity (Wildman–Crippen MR) is 152 cm³/mol. The predicted octanol–water partition coefficient (Wildman–Crippen LogP) is 6.49. The van der Waals surface area contributed by atoms with Crippen molar-refractivity contribution in [2.24, 2.45) is 0 Å². The molecule has 0 aliphatic heterocycles. The molecule has 0 fully saturated rings. The standard InChI is InChI=1S/C31H57NO6/c1-2-3-4-5-6-7-8-9-10-11-12-13-14-15-16-17-18-25-32(26-19-22-29(33)34,27-20-23-30(35)36)28-21-24-31(37)38/h17-18H,2-16,19-28H2,1H3,(H2-,33,34,35,36,37,38)/b18-17+. The number of aliphatic carboxylic acids is 3. The lowest BCUT2D eigenvalue weighted by Gasteiger charge is -2.38. The van der Waals surface area contributed by atoms with Gasteiger partial charge in [-0.05, 0) is 25.3 Å². The lowest BCUT2D eigenvalue weighted by atomic mass is 10.0. The molecule has 0 aromatic heterocycles. The third-order valence-electron chi connectivity index (χ3n) is 7.44. The smallest absolute Gasteiger partial charge is 0.303 e. The summed E-state index contributed by atoms with van der Waals surface area (Å²) in [5, 5.41) is 29.0. The summed E-state index contributed by atoms with van der Waals surface area (Å²) in [6, 6.07) is 0. The number of carbonyl (C=O) groups excluding carboxylic acids is 1. The zero-order chi connectivity index (χ0) is 28.3. The number of nitrogens with zero attached hydrogens (tertiary/aromatic N) is 1. The summed E-state index contributed by atoms with van der Waals surface area (Å²) in [6.07, 6.45) is 25.5. The fourth-order valence-corrected chi connectivity index (χ4v) is 5.17. The number of hydrogen-bond donors (Lipinski definition) is 2. The van der Waals surface area contributed by atoms with E-state index >= 15 is 0 Å². The topological polar surface area (TPSA) is 115 Å². The molecule has 0 aliphatic rings. The molecular weight excluding hydrogens is 482 g/mol. The van der Waals surface area contributed by atoms with Crippen molar-refractivity contribution in [2.45, 2.75) is 142 Å². The van der Waals surface area contributed by atoms with Crippen molar-refractivity contribution in [3.05, 3.63) is 12.2 Å². The Morgan fingerprint density at radius 3 is 1.37 bits per heavy atom. The van der Waals surface area contributed by atoms with Gasteiger partial charge in [-0.3, -0.25) is 9.59 Å². The van der Waals surface area contributed by atoms with Gasteiger partial charge >= 0.3 is 11.9 Å². The van der Waals surface area contributed by atoms with Gasteiger partial charge < -0.3 is 24.6 Å². The summed E-state index contributed by atoms with van der Waals surface area (Å²) in [5.74, 6) is -2.79. The second-order valence-corrected chi connectivity index (χ2v) is 11.0. The summed E-state index contributed by atoms with van der Waals surface area (Å²) < 4.78 is 0.531. The number of unbranched alkanes of at least 4 members (excludes halogenated alkanes) is 14. The molecule has 0 aliphatic carbocycles. The molecule has 0 heterocycles. The number of rotatable bonds is 29. The Kier molecular flexibility index (Phi) is 24.1. The average molecular weight is 540 g/mol. The summed E-state index contributed by atoms with van der Waals surface area (Å²) in [6.45, 7) is 4.71. The first-order chi connectivity index (χ1) is 18.3. The maximum absolute atomic E-state index is 11.0. The minimum atomic E-state index is -1.09. The fourth-order valence-electron chi connectivity index (χ4n) is 5.17. The molecule has 38 heavy (non-hydrogen) atoms. The largest absolute Gasteiger partial charge is 0.550 e. The van der Waals surface area contributed by atoms with Gasteiger partial charge in [-0.15, -0.1) is 0 Å². The first-order valence-corrected chi connectivity index (χ1v) is 15.4. The van der Waals surface area contributed by atoms with Crippen molar-refractivity contribution in [1.82, 2.24) is 0 Å². The Morgan fingerprint density at radius 2 is 0.974 bits per heavy atom. The molecule has 0 bridgehead atoms. The molecule has 0 saturated heterocycles. The molecule has 2 N–H and O–H groups in total. The zero-order valence-electron chi connectivity index (χ0n) is 24.3. The van der Waals surface area contributed by atoms with Crippen LogP contribution in [0.5, 0.6) is 0 Å². The van der Waals surface area contributed by atoms with Crippen LogP contribution < -0.4 is 5.11 Å². The number of carboxylic acid groups (broad SMARTS) is 3. The molecule has 0 aromatic rings. The summed E-state index contributed by atoms with van der Waals surface area (Å²) in [7, 11) is 0. The van der Waals surface area contributed by atoms with Crippen molar-refractivity contribution < 1.29 is 34.2 Å². The Balaban J connectivity index is 4.30. The quantitative estimate of drug-likeness (QED) is 0.0638. The van der Waals surface area contributed by atoms with E-state index in [-0.39, 0.29) is 19.3 Å². The van der Waals surface area contributed by atoms with E-state index in [1.165, 1.54) is 83.5 Å². The molecule has 0 saturated carbocycles. The Labute approximate surface area is 232 Å². The zero-order valence-corrected chi connectivity index (χ0v) is 24.3. The van der Waals surface area contributed by atoms with Crippen molar-refractivity contribution >= 4 is 17.9 Å². The minimum Gasteiger partial charge on any atom is -0.550 e. The van der Waals surface area contributed by atoms with Crippen molar-refractivity contribution in [3.63, 3.8) is 0 Å². The van der Waals surface area contributed by atoms with Gasteiger partial charge in [0.1, 0.15) is 0 Å². The van der Waals surface area contributed by atoms with Gasteiger partial charge in [0.05, 0.1) is 39.0 Å². The molecular formula is C31H57NO6. The van der Waals surface area contributed by atoms with Gasteiger partial charge in [-0.2, -0.15) is 0 Å². The van der Waals surface area contributed by atoms with E-state index in [4.69, 9.17) is 10.2 Å². The average Bonchev–Trinajstić information content (AvgIpc) is 2.85. The number of carboxylic acids is 3.